The van der Waals surface area contributed by atoms with E-state index in [0.717, 1.165) is 0 Å². The van der Waals surface area contributed by atoms with Gasteiger partial charge < -0.3 is 5.32 Å². The highest BCUT2D eigenvalue weighted by Crippen LogP contribution is 2.08. The normalized spacial score (nSPS) is 10.6. The molecule has 1 nitrogen and oxygen atoms in total. The summed E-state index contributed by atoms with van der Waals surface area (Å²) in [5.74, 6) is 0. The van der Waals surface area contributed by atoms with Crippen molar-refractivity contribution >= 4 is 6.08 Å². The van der Waals surface area contributed by atoms with Crippen LogP contribution in [0.4, 0.5) is 0 Å². The summed E-state index contributed by atoms with van der Waals surface area (Å²) in [6.45, 7) is 2.20. The molecule has 1 rings (SSSR count). The predicted molar refractivity (Wildman–Crippen MR) is 58.5 cm³/mol. The molecule has 70 valence electrons. The molecule has 0 spiro atoms. The summed E-state index contributed by atoms with van der Waals surface area (Å²) in [5, 5.41) is 2.99. The molecule has 0 unspecified atom stereocenters. The maximum atomic E-state index is 2.99. The summed E-state index contributed by atoms with van der Waals surface area (Å²) in [7, 11) is 1.91. The fourth-order valence-electron chi connectivity index (χ4n) is 1.32. The smallest absolute Gasteiger partial charge is 0.00277 e. The fourth-order valence-corrected chi connectivity index (χ4v) is 1.32. The third-order valence-corrected chi connectivity index (χ3v) is 1.93. The van der Waals surface area contributed by atoms with Gasteiger partial charge in [-0.15, -0.1) is 0 Å². The molecule has 1 aromatic rings. The Balaban J connectivity index is 2.73. The van der Waals surface area contributed by atoms with Gasteiger partial charge in [-0.2, -0.15) is 0 Å². The van der Waals surface area contributed by atoms with Crippen LogP contribution in [0.15, 0.2) is 30.5 Å². The molecule has 0 fully saturated rings. The van der Waals surface area contributed by atoms with E-state index in [2.05, 4.69) is 42.6 Å². The number of nitrogens with one attached hydrogen (secondary N) is 1. The molecule has 0 saturated carbocycles. The van der Waals surface area contributed by atoms with E-state index in [0.29, 0.717) is 0 Å². The van der Waals surface area contributed by atoms with Crippen LogP contribution in [0.25, 0.3) is 6.08 Å². The van der Waals surface area contributed by atoms with Crippen LogP contribution in [0.1, 0.15) is 24.5 Å². The Morgan fingerprint density at radius 3 is 2.92 bits per heavy atom. The van der Waals surface area contributed by atoms with Crippen molar-refractivity contribution in [3.63, 3.8) is 0 Å². The summed E-state index contributed by atoms with van der Waals surface area (Å²) < 4.78 is 0. The van der Waals surface area contributed by atoms with Gasteiger partial charge >= 0.3 is 0 Å². The molecule has 0 aliphatic rings. The molecule has 0 saturated heterocycles. The van der Waals surface area contributed by atoms with Crippen molar-refractivity contribution in [2.45, 2.75) is 19.8 Å². The number of aryl methyl sites for hydroxylation is 1. The van der Waals surface area contributed by atoms with Crippen molar-refractivity contribution in [2.24, 2.45) is 0 Å². The van der Waals surface area contributed by atoms with E-state index in [-0.39, 0.29) is 0 Å². The van der Waals surface area contributed by atoms with E-state index in [1.165, 1.54) is 24.0 Å². The predicted octanol–water partition coefficient (Wildman–Crippen LogP) is 2.83. The Kier molecular flexibility index (Phi) is 4.10. The molecule has 1 N–H and O–H groups in total. The Labute approximate surface area is 80.5 Å². The van der Waals surface area contributed by atoms with Crippen molar-refractivity contribution < 1.29 is 0 Å². The second-order valence-electron chi connectivity index (χ2n) is 3.12. The highest BCUT2D eigenvalue weighted by molar-refractivity contribution is 5.49. The van der Waals surface area contributed by atoms with E-state index in [9.17, 15) is 0 Å². The maximum Gasteiger partial charge on any atom is 0.00277 e. The summed E-state index contributed by atoms with van der Waals surface area (Å²) in [5.41, 5.74) is 2.68. The van der Waals surface area contributed by atoms with Crippen LogP contribution in [0, 0.1) is 0 Å². The number of benzene rings is 1. The lowest BCUT2D eigenvalue weighted by atomic mass is 10.1. The van der Waals surface area contributed by atoms with E-state index in [4.69, 9.17) is 0 Å². The number of rotatable bonds is 4. The Morgan fingerprint density at radius 1 is 1.38 bits per heavy atom. The van der Waals surface area contributed by atoms with Gasteiger partial charge in [0.15, 0.2) is 0 Å². The van der Waals surface area contributed by atoms with Gasteiger partial charge in [0.25, 0.3) is 0 Å². The molecular weight excluding hydrogens is 158 g/mol. The average molecular weight is 175 g/mol. The molecule has 0 amide bonds. The SMILES string of the molecule is CCCc1cccc(/C=C\NC)c1. The minimum Gasteiger partial charge on any atom is -0.394 e. The van der Waals surface area contributed by atoms with Crippen molar-refractivity contribution in [1.29, 1.82) is 0 Å². The zero-order valence-corrected chi connectivity index (χ0v) is 8.38. The first-order valence-electron chi connectivity index (χ1n) is 4.79. The lowest BCUT2D eigenvalue weighted by Gasteiger charge is -1.99. The van der Waals surface area contributed by atoms with E-state index >= 15 is 0 Å². The van der Waals surface area contributed by atoms with Gasteiger partial charge in [-0.25, -0.2) is 0 Å². The van der Waals surface area contributed by atoms with E-state index in [1.807, 2.05) is 13.2 Å². The second kappa shape index (κ2) is 5.41. The standard InChI is InChI=1S/C12H17N/c1-3-5-11-6-4-7-12(10-11)8-9-13-2/h4,6-10,13H,3,5H2,1-2H3/b9-8-. The van der Waals surface area contributed by atoms with Crippen LogP contribution in [0.2, 0.25) is 0 Å². The number of hydrogen-bond donors (Lipinski definition) is 1. The minimum absolute atomic E-state index is 1.17. The topological polar surface area (TPSA) is 12.0 Å². The van der Waals surface area contributed by atoms with Crippen LogP contribution >= 0.6 is 0 Å². The quantitative estimate of drug-likeness (QED) is 0.742. The first-order valence-corrected chi connectivity index (χ1v) is 4.79. The molecule has 0 aliphatic carbocycles. The molecule has 1 aromatic carbocycles. The first kappa shape index (κ1) is 9.85. The average Bonchev–Trinajstić information content (AvgIpc) is 2.16. The third kappa shape index (κ3) is 3.32. The van der Waals surface area contributed by atoms with Gasteiger partial charge in [0.05, 0.1) is 0 Å². The van der Waals surface area contributed by atoms with Crippen molar-refractivity contribution in [3.05, 3.63) is 41.6 Å². The maximum absolute atomic E-state index is 2.99. The van der Waals surface area contributed by atoms with Crippen LogP contribution in [-0.2, 0) is 6.42 Å². The zero-order chi connectivity index (χ0) is 9.52. The molecular formula is C12H17N. The zero-order valence-electron chi connectivity index (χ0n) is 8.38. The Hall–Kier alpha value is -1.24. The van der Waals surface area contributed by atoms with Crippen LogP contribution < -0.4 is 5.32 Å². The van der Waals surface area contributed by atoms with Gasteiger partial charge in [0.1, 0.15) is 0 Å². The summed E-state index contributed by atoms with van der Waals surface area (Å²) >= 11 is 0. The highest BCUT2D eigenvalue weighted by Gasteiger charge is 1.91. The monoisotopic (exact) mass is 175 g/mol. The summed E-state index contributed by atoms with van der Waals surface area (Å²) in [6.07, 6.45) is 6.41. The van der Waals surface area contributed by atoms with E-state index in [1.54, 1.807) is 0 Å². The second-order valence-corrected chi connectivity index (χ2v) is 3.12. The van der Waals surface area contributed by atoms with Gasteiger partial charge in [-0.05, 0) is 29.8 Å². The Bertz CT molecular complexity index is 276. The lowest BCUT2D eigenvalue weighted by molar-refractivity contribution is 0.921. The largest absolute Gasteiger partial charge is 0.394 e. The molecule has 0 atom stereocenters. The number of hydrogen-bond acceptors (Lipinski definition) is 1. The molecule has 0 aliphatic heterocycles. The minimum atomic E-state index is 1.17. The van der Waals surface area contributed by atoms with Gasteiger partial charge in [0.2, 0.25) is 0 Å². The molecule has 0 heterocycles. The molecule has 13 heavy (non-hydrogen) atoms. The van der Waals surface area contributed by atoms with Crippen LogP contribution in [0.3, 0.4) is 0 Å². The van der Waals surface area contributed by atoms with Crippen molar-refractivity contribution in [3.8, 4) is 0 Å². The fraction of sp³-hybridized carbons (Fsp3) is 0.333. The van der Waals surface area contributed by atoms with Crippen LogP contribution in [0.5, 0.6) is 0 Å². The van der Waals surface area contributed by atoms with Crippen molar-refractivity contribution in [2.75, 3.05) is 7.05 Å². The van der Waals surface area contributed by atoms with E-state index < -0.39 is 0 Å². The van der Waals surface area contributed by atoms with Gasteiger partial charge in [-0.3, -0.25) is 0 Å². The Morgan fingerprint density at radius 2 is 2.23 bits per heavy atom. The summed E-state index contributed by atoms with van der Waals surface area (Å²) in [4.78, 5) is 0. The molecule has 0 aromatic heterocycles. The molecule has 1 heteroatoms. The molecule has 0 radical (unpaired) electrons. The van der Waals surface area contributed by atoms with Crippen molar-refractivity contribution in [1.82, 2.24) is 5.32 Å². The van der Waals surface area contributed by atoms with Gasteiger partial charge in [0, 0.05) is 7.05 Å². The van der Waals surface area contributed by atoms with Gasteiger partial charge in [-0.1, -0.05) is 37.6 Å². The third-order valence-electron chi connectivity index (χ3n) is 1.93. The highest BCUT2D eigenvalue weighted by atomic mass is 14.8. The lowest BCUT2D eigenvalue weighted by Crippen LogP contribution is -1.91. The first-order chi connectivity index (χ1) is 6.36. The molecule has 0 bridgehead atoms. The van der Waals surface area contributed by atoms with Crippen LogP contribution in [-0.4, -0.2) is 7.05 Å². The summed E-state index contributed by atoms with van der Waals surface area (Å²) in [6, 6.07) is 8.64.